The minimum absolute atomic E-state index is 0.153. The number of carbonyl (C=O) groups excluding carboxylic acids is 3. The number of fused-ring (bicyclic) bond motifs is 5. The average Bonchev–Trinajstić information content (AvgIpc) is 3.44. The Morgan fingerprint density at radius 3 is 2.18 bits per heavy atom. The van der Waals surface area contributed by atoms with E-state index in [1.807, 2.05) is 0 Å². The molecule has 3 amide bonds. The molecule has 0 spiro atoms. The standard InChI is InChI=1S/C22H25FN2O3/c23-16-7-5-15(6-8-16)22(9-1-2-10-22)24-17(26)12-25-20(27)18-13-3-4-14(11-13)19(18)21(25)28/h5-8,13-14,18-19H,1-4,9-12H2,(H,24,26). The van der Waals surface area contributed by atoms with Crippen molar-refractivity contribution in [2.24, 2.45) is 23.7 Å². The molecule has 0 radical (unpaired) electrons. The summed E-state index contributed by atoms with van der Waals surface area (Å²) in [7, 11) is 0. The molecular weight excluding hydrogens is 359 g/mol. The molecule has 1 aromatic rings. The fraction of sp³-hybridized carbons (Fsp3) is 0.591. The molecule has 1 aliphatic heterocycles. The summed E-state index contributed by atoms with van der Waals surface area (Å²) >= 11 is 0. The van der Waals surface area contributed by atoms with Crippen molar-refractivity contribution in [2.45, 2.75) is 50.5 Å². The van der Waals surface area contributed by atoms with Crippen LogP contribution in [0.15, 0.2) is 24.3 Å². The van der Waals surface area contributed by atoms with Crippen LogP contribution in [0.3, 0.4) is 0 Å². The average molecular weight is 384 g/mol. The summed E-state index contributed by atoms with van der Waals surface area (Å²) in [5, 5.41) is 3.09. The van der Waals surface area contributed by atoms with Gasteiger partial charge in [-0.1, -0.05) is 25.0 Å². The van der Waals surface area contributed by atoms with Crippen molar-refractivity contribution >= 4 is 17.7 Å². The van der Waals surface area contributed by atoms with Gasteiger partial charge in [0, 0.05) is 0 Å². The molecule has 4 atom stereocenters. The van der Waals surface area contributed by atoms with Crippen LogP contribution in [0.2, 0.25) is 0 Å². The van der Waals surface area contributed by atoms with Crippen LogP contribution in [-0.4, -0.2) is 29.2 Å². The van der Waals surface area contributed by atoms with E-state index >= 15 is 0 Å². The Kier molecular flexibility index (Phi) is 4.07. The van der Waals surface area contributed by atoms with Crippen LogP contribution in [-0.2, 0) is 19.9 Å². The Bertz CT molecular complexity index is 803. The molecule has 148 valence electrons. The van der Waals surface area contributed by atoms with E-state index in [1.165, 1.54) is 17.0 Å². The van der Waals surface area contributed by atoms with Gasteiger partial charge in [0.05, 0.1) is 17.4 Å². The van der Waals surface area contributed by atoms with Crippen LogP contribution in [0.5, 0.6) is 0 Å². The molecule has 4 fully saturated rings. The predicted octanol–water partition coefficient (Wildman–Crippen LogP) is 2.74. The summed E-state index contributed by atoms with van der Waals surface area (Å²) in [4.78, 5) is 39.7. The van der Waals surface area contributed by atoms with Crippen molar-refractivity contribution in [1.29, 1.82) is 0 Å². The first-order chi connectivity index (χ1) is 13.5. The van der Waals surface area contributed by atoms with Crippen molar-refractivity contribution in [2.75, 3.05) is 6.54 Å². The summed E-state index contributed by atoms with van der Waals surface area (Å²) in [6.45, 7) is -0.201. The van der Waals surface area contributed by atoms with E-state index in [-0.39, 0.29) is 41.9 Å². The van der Waals surface area contributed by atoms with Crippen LogP contribution < -0.4 is 5.32 Å². The number of amides is 3. The van der Waals surface area contributed by atoms with E-state index in [0.29, 0.717) is 11.8 Å². The van der Waals surface area contributed by atoms with Crippen LogP contribution in [0, 0.1) is 29.5 Å². The molecule has 1 saturated heterocycles. The van der Waals surface area contributed by atoms with Gasteiger partial charge >= 0.3 is 0 Å². The van der Waals surface area contributed by atoms with Crippen molar-refractivity contribution in [3.63, 3.8) is 0 Å². The van der Waals surface area contributed by atoms with Gasteiger partial charge < -0.3 is 5.32 Å². The van der Waals surface area contributed by atoms with Gasteiger partial charge in [-0.2, -0.15) is 0 Å². The largest absolute Gasteiger partial charge is 0.345 e. The molecule has 6 heteroatoms. The summed E-state index contributed by atoms with van der Waals surface area (Å²) in [5.41, 5.74) is 0.347. The fourth-order valence-corrected chi connectivity index (χ4v) is 6.31. The normalized spacial score (nSPS) is 32.8. The molecule has 0 aromatic heterocycles. The van der Waals surface area contributed by atoms with Crippen LogP contribution in [0.1, 0.15) is 50.5 Å². The van der Waals surface area contributed by atoms with Crippen molar-refractivity contribution in [1.82, 2.24) is 10.2 Å². The molecule has 5 rings (SSSR count). The Balaban J connectivity index is 1.32. The van der Waals surface area contributed by atoms with E-state index in [4.69, 9.17) is 0 Å². The number of carbonyl (C=O) groups is 3. The predicted molar refractivity (Wildman–Crippen MR) is 99.2 cm³/mol. The highest BCUT2D eigenvalue weighted by Gasteiger charge is 2.61. The van der Waals surface area contributed by atoms with E-state index < -0.39 is 5.54 Å². The van der Waals surface area contributed by atoms with Gasteiger partial charge in [0.15, 0.2) is 0 Å². The van der Waals surface area contributed by atoms with E-state index in [0.717, 1.165) is 50.5 Å². The number of likely N-dealkylation sites (tertiary alicyclic amines) is 1. The SMILES string of the molecule is O=C(CN1C(=O)C2C3CCC(C3)C2C1=O)NC1(c2ccc(F)cc2)CCCC1. The van der Waals surface area contributed by atoms with Crippen molar-refractivity contribution in [3.05, 3.63) is 35.6 Å². The summed E-state index contributed by atoms with van der Waals surface area (Å²) in [6.07, 6.45) is 6.56. The molecule has 2 bridgehead atoms. The van der Waals surface area contributed by atoms with E-state index in [9.17, 15) is 18.8 Å². The molecule has 28 heavy (non-hydrogen) atoms. The van der Waals surface area contributed by atoms with Gasteiger partial charge in [0.1, 0.15) is 12.4 Å². The van der Waals surface area contributed by atoms with Gasteiger partial charge in [-0.05, 0) is 61.6 Å². The highest BCUT2D eigenvalue weighted by Crippen LogP contribution is 2.56. The number of benzene rings is 1. The zero-order chi connectivity index (χ0) is 19.5. The molecule has 3 aliphatic carbocycles. The summed E-state index contributed by atoms with van der Waals surface area (Å²) in [6, 6.07) is 6.25. The number of imide groups is 1. The van der Waals surface area contributed by atoms with Gasteiger partial charge in [0.25, 0.3) is 0 Å². The number of nitrogens with one attached hydrogen (secondary N) is 1. The minimum Gasteiger partial charge on any atom is -0.345 e. The van der Waals surface area contributed by atoms with Crippen LogP contribution >= 0.6 is 0 Å². The van der Waals surface area contributed by atoms with Crippen LogP contribution in [0.25, 0.3) is 0 Å². The quantitative estimate of drug-likeness (QED) is 0.812. The first-order valence-electron chi connectivity index (χ1n) is 10.4. The van der Waals surface area contributed by atoms with Crippen molar-refractivity contribution < 1.29 is 18.8 Å². The third-order valence-electron chi connectivity index (χ3n) is 7.55. The highest BCUT2D eigenvalue weighted by molar-refractivity contribution is 6.08. The Morgan fingerprint density at radius 1 is 1.04 bits per heavy atom. The molecule has 5 nitrogen and oxygen atoms in total. The molecule has 1 N–H and O–H groups in total. The third-order valence-corrected chi connectivity index (χ3v) is 7.55. The van der Waals surface area contributed by atoms with Gasteiger partial charge in [-0.3, -0.25) is 19.3 Å². The fourth-order valence-electron chi connectivity index (χ4n) is 6.31. The smallest absolute Gasteiger partial charge is 0.240 e. The summed E-state index contributed by atoms with van der Waals surface area (Å²) in [5.74, 6) is -0.676. The summed E-state index contributed by atoms with van der Waals surface area (Å²) < 4.78 is 13.3. The van der Waals surface area contributed by atoms with Gasteiger partial charge in [-0.15, -0.1) is 0 Å². The van der Waals surface area contributed by atoms with E-state index in [1.54, 1.807) is 12.1 Å². The number of nitrogens with zero attached hydrogens (tertiary/aromatic N) is 1. The number of rotatable bonds is 4. The first kappa shape index (κ1) is 17.8. The number of hydrogen-bond acceptors (Lipinski definition) is 3. The second-order valence-electron chi connectivity index (χ2n) is 8.99. The van der Waals surface area contributed by atoms with E-state index in [2.05, 4.69) is 5.32 Å². The Morgan fingerprint density at radius 2 is 1.61 bits per heavy atom. The monoisotopic (exact) mass is 384 g/mol. The second-order valence-corrected chi connectivity index (χ2v) is 8.99. The first-order valence-corrected chi connectivity index (χ1v) is 10.4. The topological polar surface area (TPSA) is 66.5 Å². The maximum atomic E-state index is 13.3. The number of halogens is 1. The van der Waals surface area contributed by atoms with Crippen LogP contribution in [0.4, 0.5) is 4.39 Å². The lowest BCUT2D eigenvalue weighted by Gasteiger charge is -2.32. The zero-order valence-corrected chi connectivity index (χ0v) is 15.8. The number of hydrogen-bond donors (Lipinski definition) is 1. The molecule has 4 unspecified atom stereocenters. The molecule has 1 aromatic carbocycles. The van der Waals surface area contributed by atoms with Crippen molar-refractivity contribution in [3.8, 4) is 0 Å². The van der Waals surface area contributed by atoms with Gasteiger partial charge in [0.2, 0.25) is 17.7 Å². The Hall–Kier alpha value is -2.24. The minimum atomic E-state index is -0.536. The molecule has 3 saturated carbocycles. The lowest BCUT2D eigenvalue weighted by Crippen LogP contribution is -2.49. The molecular formula is C22H25FN2O3. The second kappa shape index (κ2) is 6.39. The third kappa shape index (κ3) is 2.60. The highest BCUT2D eigenvalue weighted by atomic mass is 19.1. The molecule has 4 aliphatic rings. The lowest BCUT2D eigenvalue weighted by atomic mass is 9.81. The maximum absolute atomic E-state index is 13.3. The lowest BCUT2D eigenvalue weighted by molar-refractivity contribution is -0.144. The Labute approximate surface area is 163 Å². The van der Waals surface area contributed by atoms with Gasteiger partial charge in [-0.25, -0.2) is 4.39 Å². The maximum Gasteiger partial charge on any atom is 0.240 e. The zero-order valence-electron chi connectivity index (χ0n) is 15.8. The molecule has 1 heterocycles.